The molecule has 8 aromatic carbocycles. The molecular formula is C74H98Br2I2N4S2. The lowest BCUT2D eigenvalue weighted by Gasteiger charge is -2.29. The fourth-order valence-electron chi connectivity index (χ4n) is 9.41. The second kappa shape index (κ2) is 44.3. The van der Waals surface area contributed by atoms with Crippen molar-refractivity contribution in [1.29, 1.82) is 10.8 Å². The summed E-state index contributed by atoms with van der Waals surface area (Å²) in [6, 6.07) is 51.6. The minimum absolute atomic E-state index is 0.137. The van der Waals surface area contributed by atoms with E-state index >= 15 is 0 Å². The first kappa shape index (κ1) is 79.8. The summed E-state index contributed by atoms with van der Waals surface area (Å²) in [7, 11) is 0. The Hall–Kier alpha value is -4.18. The molecule has 0 spiro atoms. The molecule has 84 heavy (non-hydrogen) atoms. The van der Waals surface area contributed by atoms with Crippen molar-refractivity contribution in [2.45, 2.75) is 161 Å². The molecule has 4 nitrogen and oxygen atoms in total. The molecule has 11 rings (SSSR count). The fourth-order valence-corrected chi connectivity index (χ4v) is 13.3. The predicted octanol–water partition coefficient (Wildman–Crippen LogP) is 26.1. The van der Waals surface area contributed by atoms with Crippen LogP contribution in [-0.4, -0.2) is 10.3 Å². The number of fused-ring (bicyclic) bond motifs is 12. The molecule has 0 bridgehead atoms. The van der Waals surface area contributed by atoms with Crippen LogP contribution >= 0.6 is 101 Å². The van der Waals surface area contributed by atoms with Gasteiger partial charge in [0.25, 0.3) is 0 Å². The van der Waals surface area contributed by atoms with Crippen LogP contribution < -0.4 is 11.5 Å². The molecular weight excluding hydrogens is 1420 g/mol. The van der Waals surface area contributed by atoms with E-state index in [9.17, 15) is 0 Å². The van der Waals surface area contributed by atoms with Crippen molar-refractivity contribution < 1.29 is 0 Å². The van der Waals surface area contributed by atoms with Crippen LogP contribution in [-0.2, 0) is 22.2 Å². The lowest BCUT2D eigenvalue weighted by molar-refractivity contribution is 1.33. The molecule has 6 N–H and O–H groups in total. The largest absolute Gasteiger partial charge is 0.379 e. The van der Waals surface area contributed by atoms with Crippen LogP contribution in [0.25, 0.3) is 77.9 Å². The van der Waals surface area contributed by atoms with Crippen LogP contribution in [0, 0.1) is 45.7 Å². The molecule has 3 aliphatic rings. The third-order valence-corrected chi connectivity index (χ3v) is 17.1. The summed E-state index contributed by atoms with van der Waals surface area (Å²) in [6.07, 6.45) is 0. The highest BCUT2D eigenvalue weighted by molar-refractivity contribution is 14.1. The molecule has 8 aromatic rings. The first-order valence-corrected chi connectivity index (χ1v) is 36.5. The zero-order chi connectivity index (χ0) is 64.2. The van der Waals surface area contributed by atoms with Gasteiger partial charge in [-0.3, -0.25) is 10.8 Å². The summed E-state index contributed by atoms with van der Waals surface area (Å²) in [6.45, 7) is 40.7. The number of amidine groups is 2. The Morgan fingerprint density at radius 2 is 0.524 bits per heavy atom. The van der Waals surface area contributed by atoms with Crippen LogP contribution in [0.4, 0.5) is 0 Å². The number of hydrogen-bond acceptors (Lipinski definition) is 4. The molecule has 0 amide bonds. The second-order valence-corrected chi connectivity index (χ2v) is 22.3. The highest BCUT2D eigenvalue weighted by atomic mass is 127. The quantitative estimate of drug-likeness (QED) is 0.0553. The number of aryl methyl sites for hydroxylation is 4. The number of alkyl halides is 2. The average molecular weight is 1520 g/mol. The third-order valence-electron chi connectivity index (χ3n) is 12.5. The van der Waals surface area contributed by atoms with E-state index in [1.807, 2.05) is 111 Å². The van der Waals surface area contributed by atoms with Gasteiger partial charge in [-0.25, -0.2) is 0 Å². The maximum absolute atomic E-state index is 7.39. The Morgan fingerprint density at radius 1 is 0.321 bits per heavy atom. The third kappa shape index (κ3) is 20.5. The van der Waals surface area contributed by atoms with Crippen LogP contribution in [0.2, 0.25) is 0 Å². The number of rotatable bonds is 7. The van der Waals surface area contributed by atoms with Gasteiger partial charge in [0, 0.05) is 29.3 Å². The van der Waals surface area contributed by atoms with E-state index < -0.39 is 0 Å². The van der Waals surface area contributed by atoms with Gasteiger partial charge in [-0.05, 0) is 207 Å². The van der Waals surface area contributed by atoms with E-state index in [-0.39, 0.29) is 10.3 Å². The van der Waals surface area contributed by atoms with Gasteiger partial charge in [-0.1, -0.05) is 300 Å². The van der Waals surface area contributed by atoms with Crippen molar-refractivity contribution in [2.24, 2.45) is 11.5 Å². The second-order valence-electron chi connectivity index (χ2n) is 16.8. The van der Waals surface area contributed by atoms with Gasteiger partial charge in [-0.15, -0.1) is 0 Å². The van der Waals surface area contributed by atoms with E-state index in [1.165, 1.54) is 153 Å². The first-order valence-electron chi connectivity index (χ1n) is 30.1. The Labute approximate surface area is 563 Å². The van der Waals surface area contributed by atoms with Gasteiger partial charge in [0.05, 0.1) is 0 Å². The van der Waals surface area contributed by atoms with Crippen molar-refractivity contribution in [2.75, 3.05) is 0 Å². The van der Waals surface area contributed by atoms with Crippen molar-refractivity contribution in [3.63, 3.8) is 0 Å². The molecule has 454 valence electrons. The van der Waals surface area contributed by atoms with Gasteiger partial charge >= 0.3 is 0 Å². The minimum Gasteiger partial charge on any atom is -0.379 e. The Bertz CT molecular complexity index is 3010. The number of halogens is 4. The average Bonchev–Trinajstić information content (AvgIpc) is 1.51. The summed E-state index contributed by atoms with van der Waals surface area (Å²) in [4.78, 5) is 0. The molecule has 0 heterocycles. The van der Waals surface area contributed by atoms with E-state index in [4.69, 9.17) is 22.3 Å². The molecule has 0 fully saturated rings. The molecule has 0 unspecified atom stereocenters. The van der Waals surface area contributed by atoms with E-state index in [0.29, 0.717) is 11.5 Å². The highest BCUT2D eigenvalue weighted by Crippen LogP contribution is 2.53. The molecule has 0 radical (unpaired) electrons. The Kier molecular flexibility index (Phi) is 42.1. The smallest absolute Gasteiger partial charge is 0.151 e. The maximum atomic E-state index is 7.39. The summed E-state index contributed by atoms with van der Waals surface area (Å²) >= 11 is 14.6. The lowest BCUT2D eigenvalue weighted by Crippen LogP contribution is -2.09. The number of benzene rings is 8. The minimum atomic E-state index is 0.137. The molecule has 0 aromatic heterocycles. The monoisotopic (exact) mass is 1520 g/mol. The Morgan fingerprint density at radius 3 is 0.762 bits per heavy atom. The van der Waals surface area contributed by atoms with E-state index in [2.05, 4.69) is 250 Å². The van der Waals surface area contributed by atoms with Gasteiger partial charge in [0.2, 0.25) is 0 Å². The standard InChI is InChI=1S/C16H16N4S2.C14H10Br2.C14H12I2.C14H12.8C2H6/c17-15(18)21-7-9-3-1-5-11-12-6-2-4-10(8-22-16(19)20)14(12)13(9)11;15-7-9-3-1-5-11-12-6-2-4-10(8-16)14(12)13(9)11;1-9-5-3-7-11(15)13(9)14-10(2)6-4-8-12(14)16;1-9-5-3-7-11-12-8-4-6-10(2)14(12)13(9)11;8*1-2/h1-6H,7-8H2,(H3,17,18)(H3,19,20);1-6H,7-8H2;3-8H,1-2H3;3-8H,1-2H3;8*1-2H3. The molecule has 10 heteroatoms. The van der Waals surface area contributed by atoms with Crippen molar-refractivity contribution in [1.82, 2.24) is 0 Å². The van der Waals surface area contributed by atoms with Gasteiger partial charge in [0.15, 0.2) is 10.3 Å². The van der Waals surface area contributed by atoms with Crippen LogP contribution in [0.5, 0.6) is 0 Å². The summed E-state index contributed by atoms with van der Waals surface area (Å²) in [5, 5.41) is 16.9. The SMILES string of the molecule is BrCc1cccc2c1-c1c(CBr)cccc1-2.CC.CC.CC.CC.CC.CC.CC.CC.Cc1cccc(I)c1-c1c(C)cccc1I.Cc1cccc2c1-c1c(C)cccc1-2.N=C(N)SCc1cccc2c1-c1c(CSC(=N)N)cccc1-2. The van der Waals surface area contributed by atoms with E-state index in [1.54, 1.807) is 0 Å². The van der Waals surface area contributed by atoms with Crippen LogP contribution in [0.15, 0.2) is 146 Å². The number of hydrogen-bond donors (Lipinski definition) is 4. The maximum Gasteiger partial charge on any atom is 0.151 e. The highest BCUT2D eigenvalue weighted by Gasteiger charge is 2.29. The summed E-state index contributed by atoms with van der Waals surface area (Å²) < 4.78 is 2.65. The molecule has 0 aliphatic heterocycles. The molecule has 0 saturated carbocycles. The molecule has 0 atom stereocenters. The van der Waals surface area contributed by atoms with Crippen molar-refractivity contribution in [3.05, 3.63) is 197 Å². The fraction of sp³-hybridized carbons (Fsp3) is 0.324. The van der Waals surface area contributed by atoms with Gasteiger partial charge in [-0.2, -0.15) is 0 Å². The zero-order valence-corrected chi connectivity index (χ0v) is 63.3. The topological polar surface area (TPSA) is 99.7 Å². The van der Waals surface area contributed by atoms with Gasteiger partial charge < -0.3 is 11.5 Å². The van der Waals surface area contributed by atoms with Crippen LogP contribution in [0.1, 0.15) is 155 Å². The summed E-state index contributed by atoms with van der Waals surface area (Å²) in [5.41, 5.74) is 40.8. The molecule has 0 saturated heterocycles. The number of nitrogens with two attached hydrogens (primary N) is 2. The van der Waals surface area contributed by atoms with E-state index in [0.717, 1.165) is 10.7 Å². The zero-order valence-electron chi connectivity index (χ0n) is 54.2. The van der Waals surface area contributed by atoms with Crippen LogP contribution in [0.3, 0.4) is 0 Å². The molecule has 3 aliphatic carbocycles. The number of nitrogens with one attached hydrogen (secondary N) is 2. The van der Waals surface area contributed by atoms with Gasteiger partial charge in [0.1, 0.15) is 0 Å². The van der Waals surface area contributed by atoms with Crippen molar-refractivity contribution in [3.8, 4) is 77.9 Å². The number of thioether (sulfide) groups is 2. The van der Waals surface area contributed by atoms with Crippen molar-refractivity contribution >= 4 is 111 Å². The summed E-state index contributed by atoms with van der Waals surface area (Å²) in [5.74, 6) is 1.40. The first-order chi connectivity index (χ1) is 40.8. The Balaban J connectivity index is 0.00000102. The lowest BCUT2D eigenvalue weighted by atomic mass is 9.76. The predicted molar refractivity (Wildman–Crippen MR) is 411 cm³/mol. The normalized spacial score (nSPS) is 9.67.